The summed E-state index contributed by atoms with van der Waals surface area (Å²) in [6, 6.07) is 15.1. The first kappa shape index (κ1) is 14.1. The van der Waals surface area contributed by atoms with Crippen LogP contribution in [0.2, 0.25) is 0 Å². The molecule has 0 radical (unpaired) electrons. The SMILES string of the molecule is C=C(F)Cc1ccc(OCc2ccc(OC)cc2)cc1. The summed E-state index contributed by atoms with van der Waals surface area (Å²) < 4.78 is 23.4. The molecule has 0 aliphatic rings. The van der Waals surface area contributed by atoms with E-state index in [1.165, 1.54) is 0 Å². The van der Waals surface area contributed by atoms with Crippen molar-refractivity contribution >= 4 is 0 Å². The molecule has 0 aliphatic heterocycles. The molecule has 2 aromatic carbocycles. The molecule has 0 aromatic heterocycles. The third-order valence-corrected chi connectivity index (χ3v) is 2.88. The number of halogens is 1. The van der Waals surface area contributed by atoms with Crippen LogP contribution in [0.25, 0.3) is 0 Å². The molecule has 0 spiro atoms. The van der Waals surface area contributed by atoms with Gasteiger partial charge in [-0.05, 0) is 35.4 Å². The Morgan fingerprint density at radius 2 is 1.50 bits per heavy atom. The van der Waals surface area contributed by atoms with Crippen molar-refractivity contribution in [2.24, 2.45) is 0 Å². The Balaban J connectivity index is 1.91. The highest BCUT2D eigenvalue weighted by Gasteiger charge is 1.99. The molecule has 0 heterocycles. The van der Waals surface area contributed by atoms with Crippen LogP contribution in [0, 0.1) is 0 Å². The van der Waals surface area contributed by atoms with Crippen molar-refractivity contribution in [2.45, 2.75) is 13.0 Å². The molecule has 2 rings (SSSR count). The van der Waals surface area contributed by atoms with E-state index in [4.69, 9.17) is 9.47 Å². The minimum atomic E-state index is -0.336. The molecule has 0 N–H and O–H groups in total. The quantitative estimate of drug-likeness (QED) is 0.780. The van der Waals surface area contributed by atoms with Gasteiger partial charge in [0.15, 0.2) is 0 Å². The van der Waals surface area contributed by atoms with E-state index in [1.807, 2.05) is 48.5 Å². The van der Waals surface area contributed by atoms with Gasteiger partial charge in [-0.25, -0.2) is 4.39 Å². The second-order valence-corrected chi connectivity index (χ2v) is 4.47. The summed E-state index contributed by atoms with van der Waals surface area (Å²) >= 11 is 0. The Labute approximate surface area is 118 Å². The molecule has 2 nitrogen and oxygen atoms in total. The van der Waals surface area contributed by atoms with Gasteiger partial charge >= 0.3 is 0 Å². The third-order valence-electron chi connectivity index (χ3n) is 2.88. The topological polar surface area (TPSA) is 18.5 Å². The van der Waals surface area contributed by atoms with Crippen LogP contribution in [0.1, 0.15) is 11.1 Å². The van der Waals surface area contributed by atoms with Crippen LogP contribution in [0.15, 0.2) is 60.9 Å². The molecule has 0 unspecified atom stereocenters. The smallest absolute Gasteiger partial charge is 0.119 e. The Morgan fingerprint density at radius 1 is 0.950 bits per heavy atom. The first-order chi connectivity index (χ1) is 9.67. The lowest BCUT2D eigenvalue weighted by molar-refractivity contribution is 0.306. The number of methoxy groups -OCH3 is 1. The number of benzene rings is 2. The molecule has 20 heavy (non-hydrogen) atoms. The fourth-order valence-electron chi connectivity index (χ4n) is 1.81. The fourth-order valence-corrected chi connectivity index (χ4v) is 1.81. The summed E-state index contributed by atoms with van der Waals surface area (Å²) in [7, 11) is 1.64. The van der Waals surface area contributed by atoms with Crippen molar-refractivity contribution in [3.05, 3.63) is 72.1 Å². The number of hydrogen-bond donors (Lipinski definition) is 0. The molecule has 0 saturated heterocycles. The number of allylic oxidation sites excluding steroid dienone is 1. The zero-order valence-corrected chi connectivity index (χ0v) is 11.4. The van der Waals surface area contributed by atoms with Crippen LogP contribution in [-0.4, -0.2) is 7.11 Å². The van der Waals surface area contributed by atoms with Gasteiger partial charge in [-0.3, -0.25) is 0 Å². The Bertz CT molecular complexity index is 559. The van der Waals surface area contributed by atoms with Gasteiger partial charge in [0, 0.05) is 6.42 Å². The summed E-state index contributed by atoms with van der Waals surface area (Å²) in [5.74, 6) is 1.25. The van der Waals surface area contributed by atoms with Gasteiger partial charge in [0.1, 0.15) is 18.1 Å². The standard InChI is InChI=1S/C17H17FO2/c1-13(18)11-14-3-9-17(10-4-14)20-12-15-5-7-16(19-2)8-6-15/h3-10H,1,11-12H2,2H3. The molecule has 0 amide bonds. The van der Waals surface area contributed by atoms with Gasteiger partial charge in [-0.15, -0.1) is 0 Å². The van der Waals surface area contributed by atoms with E-state index in [0.29, 0.717) is 6.61 Å². The van der Waals surface area contributed by atoms with Crippen LogP contribution in [-0.2, 0) is 13.0 Å². The van der Waals surface area contributed by atoms with Gasteiger partial charge in [-0.2, -0.15) is 0 Å². The monoisotopic (exact) mass is 272 g/mol. The predicted octanol–water partition coefficient (Wildman–Crippen LogP) is 4.30. The number of hydrogen-bond acceptors (Lipinski definition) is 2. The lowest BCUT2D eigenvalue weighted by Crippen LogP contribution is -1.95. The number of ether oxygens (including phenoxy) is 2. The van der Waals surface area contributed by atoms with Crippen molar-refractivity contribution in [1.82, 2.24) is 0 Å². The highest BCUT2D eigenvalue weighted by molar-refractivity contribution is 5.30. The predicted molar refractivity (Wildman–Crippen MR) is 77.7 cm³/mol. The highest BCUT2D eigenvalue weighted by atomic mass is 19.1. The van der Waals surface area contributed by atoms with Crippen molar-refractivity contribution in [2.75, 3.05) is 7.11 Å². The van der Waals surface area contributed by atoms with E-state index in [1.54, 1.807) is 7.11 Å². The minimum Gasteiger partial charge on any atom is -0.497 e. The lowest BCUT2D eigenvalue weighted by atomic mass is 10.1. The summed E-state index contributed by atoms with van der Waals surface area (Å²) in [5.41, 5.74) is 1.95. The number of rotatable bonds is 6. The van der Waals surface area contributed by atoms with E-state index in [2.05, 4.69) is 6.58 Å². The molecular formula is C17H17FO2. The molecule has 0 saturated carbocycles. The van der Waals surface area contributed by atoms with Crippen LogP contribution in [0.5, 0.6) is 11.5 Å². The Kier molecular flexibility index (Phi) is 4.77. The van der Waals surface area contributed by atoms with E-state index in [-0.39, 0.29) is 12.2 Å². The second kappa shape index (κ2) is 6.75. The lowest BCUT2D eigenvalue weighted by Gasteiger charge is -2.08. The van der Waals surface area contributed by atoms with Gasteiger partial charge in [-0.1, -0.05) is 30.8 Å². The first-order valence-corrected chi connectivity index (χ1v) is 6.35. The van der Waals surface area contributed by atoms with Crippen LogP contribution >= 0.6 is 0 Å². The average molecular weight is 272 g/mol. The zero-order valence-electron chi connectivity index (χ0n) is 11.4. The van der Waals surface area contributed by atoms with E-state index >= 15 is 0 Å². The fraction of sp³-hybridized carbons (Fsp3) is 0.176. The van der Waals surface area contributed by atoms with Crippen molar-refractivity contribution in [3.63, 3.8) is 0 Å². The molecule has 3 heteroatoms. The maximum Gasteiger partial charge on any atom is 0.119 e. The van der Waals surface area contributed by atoms with Crippen LogP contribution in [0.3, 0.4) is 0 Å². The third kappa shape index (κ3) is 4.12. The van der Waals surface area contributed by atoms with E-state index in [9.17, 15) is 4.39 Å². The average Bonchev–Trinajstić information content (AvgIpc) is 2.46. The van der Waals surface area contributed by atoms with E-state index < -0.39 is 0 Å². The van der Waals surface area contributed by atoms with Crippen molar-refractivity contribution in [3.8, 4) is 11.5 Å². The van der Waals surface area contributed by atoms with Gasteiger partial charge in [0.05, 0.1) is 12.9 Å². The normalized spacial score (nSPS) is 10.1. The molecule has 0 bridgehead atoms. The van der Waals surface area contributed by atoms with Crippen molar-refractivity contribution < 1.29 is 13.9 Å². The summed E-state index contributed by atoms with van der Waals surface area (Å²) in [4.78, 5) is 0. The maximum atomic E-state index is 12.7. The van der Waals surface area contributed by atoms with Gasteiger partial charge < -0.3 is 9.47 Å². The van der Waals surface area contributed by atoms with E-state index in [0.717, 1.165) is 22.6 Å². The maximum absolute atomic E-state index is 12.7. The second-order valence-electron chi connectivity index (χ2n) is 4.47. The van der Waals surface area contributed by atoms with Gasteiger partial charge in [0.25, 0.3) is 0 Å². The summed E-state index contributed by atoms with van der Waals surface area (Å²) in [6.45, 7) is 3.74. The first-order valence-electron chi connectivity index (χ1n) is 6.35. The molecule has 2 aromatic rings. The van der Waals surface area contributed by atoms with Crippen LogP contribution in [0.4, 0.5) is 4.39 Å². The Hall–Kier alpha value is -2.29. The van der Waals surface area contributed by atoms with Crippen LogP contribution < -0.4 is 9.47 Å². The molecule has 0 fully saturated rings. The molecule has 0 atom stereocenters. The molecule has 0 aliphatic carbocycles. The Morgan fingerprint density at radius 3 is 2.05 bits per heavy atom. The summed E-state index contributed by atoms with van der Waals surface area (Å²) in [6.07, 6.45) is 0.249. The molecular weight excluding hydrogens is 255 g/mol. The van der Waals surface area contributed by atoms with Crippen molar-refractivity contribution in [1.29, 1.82) is 0 Å². The molecule has 104 valence electrons. The highest BCUT2D eigenvalue weighted by Crippen LogP contribution is 2.17. The largest absolute Gasteiger partial charge is 0.497 e. The summed E-state index contributed by atoms with van der Waals surface area (Å²) in [5, 5.41) is 0. The zero-order chi connectivity index (χ0) is 14.4. The minimum absolute atomic E-state index is 0.249. The van der Waals surface area contributed by atoms with Gasteiger partial charge in [0.2, 0.25) is 0 Å².